The lowest BCUT2D eigenvalue weighted by atomic mass is 9.99. The molecule has 0 radical (unpaired) electrons. The van der Waals surface area contributed by atoms with Crippen LogP contribution in [-0.2, 0) is 14.8 Å². The summed E-state index contributed by atoms with van der Waals surface area (Å²) in [7, 11) is -3.48. The fraction of sp³-hybridized carbons (Fsp3) is 0.650. The summed E-state index contributed by atoms with van der Waals surface area (Å²) < 4.78 is 27.4. The molecule has 6 nitrogen and oxygen atoms in total. The summed E-state index contributed by atoms with van der Waals surface area (Å²) in [6.07, 6.45) is 1.03. The first kappa shape index (κ1) is 21.9. The molecule has 1 amide bonds. The van der Waals surface area contributed by atoms with Gasteiger partial charge in [-0.05, 0) is 50.8 Å². The first-order valence-electron chi connectivity index (χ1n) is 9.91. The summed E-state index contributed by atoms with van der Waals surface area (Å²) in [5.74, 6) is 0.448. The van der Waals surface area contributed by atoms with Gasteiger partial charge < -0.3 is 10.2 Å². The van der Waals surface area contributed by atoms with E-state index in [0.29, 0.717) is 37.0 Å². The fourth-order valence-electron chi connectivity index (χ4n) is 3.39. The molecule has 1 saturated heterocycles. The zero-order valence-electron chi connectivity index (χ0n) is 17.2. The molecule has 0 aromatic heterocycles. The van der Waals surface area contributed by atoms with Crippen LogP contribution in [0, 0.1) is 0 Å². The molecule has 1 fully saturated rings. The van der Waals surface area contributed by atoms with Crippen molar-refractivity contribution in [3.05, 3.63) is 29.8 Å². The maximum atomic E-state index is 12.9. The van der Waals surface area contributed by atoms with Gasteiger partial charge in [0, 0.05) is 6.04 Å². The van der Waals surface area contributed by atoms with Gasteiger partial charge in [-0.15, -0.1) is 0 Å². The molecule has 2 rings (SSSR count). The number of hydrogen-bond donors (Lipinski definition) is 2. The van der Waals surface area contributed by atoms with E-state index in [-0.39, 0.29) is 18.0 Å². The summed E-state index contributed by atoms with van der Waals surface area (Å²) in [4.78, 5) is 13.7. The van der Waals surface area contributed by atoms with Gasteiger partial charge >= 0.3 is 0 Å². The second-order valence-electron chi connectivity index (χ2n) is 7.83. The van der Waals surface area contributed by atoms with Crippen LogP contribution in [0.2, 0.25) is 0 Å². The van der Waals surface area contributed by atoms with E-state index < -0.39 is 10.0 Å². The first-order chi connectivity index (χ1) is 12.7. The molecule has 152 valence electrons. The molecular weight excluding hydrogens is 362 g/mol. The van der Waals surface area contributed by atoms with Crippen LogP contribution in [0.15, 0.2) is 29.2 Å². The van der Waals surface area contributed by atoms with E-state index in [1.165, 1.54) is 0 Å². The van der Waals surface area contributed by atoms with Crippen molar-refractivity contribution in [1.82, 2.24) is 9.62 Å². The van der Waals surface area contributed by atoms with Crippen molar-refractivity contribution in [3.63, 3.8) is 0 Å². The van der Waals surface area contributed by atoms with Crippen LogP contribution in [0.25, 0.3) is 0 Å². The Hall–Kier alpha value is -1.44. The quantitative estimate of drug-likeness (QED) is 0.722. The zero-order valence-corrected chi connectivity index (χ0v) is 18.0. The standard InChI is InChI=1S/C20H33N3O3S/c1-6-16(4)18-7-9-19(10-8-18)27(25,26)23-13-11-22(12-14-23)17(5)20(24)21-15(2)3/h7-10,15-17H,6,11-14H2,1-5H3,(H,21,24)/p+1/t16-,17+/m0/s1. The fourth-order valence-corrected chi connectivity index (χ4v) is 4.84. The van der Waals surface area contributed by atoms with Gasteiger partial charge in [-0.25, -0.2) is 8.42 Å². The normalized spacial score (nSPS) is 19.0. The number of carbonyl (C=O) groups excluding carboxylic acids is 1. The third kappa shape index (κ3) is 5.30. The molecule has 27 heavy (non-hydrogen) atoms. The Morgan fingerprint density at radius 2 is 1.67 bits per heavy atom. The third-order valence-electron chi connectivity index (χ3n) is 5.50. The van der Waals surface area contributed by atoms with E-state index in [9.17, 15) is 13.2 Å². The van der Waals surface area contributed by atoms with Crippen LogP contribution in [0.1, 0.15) is 52.5 Å². The van der Waals surface area contributed by atoms with Gasteiger partial charge in [0.1, 0.15) is 0 Å². The van der Waals surface area contributed by atoms with E-state index in [4.69, 9.17) is 0 Å². The largest absolute Gasteiger partial charge is 0.349 e. The lowest BCUT2D eigenvalue weighted by molar-refractivity contribution is -0.917. The number of amides is 1. The molecule has 2 atom stereocenters. The summed E-state index contributed by atoms with van der Waals surface area (Å²) >= 11 is 0. The zero-order chi connectivity index (χ0) is 20.2. The lowest BCUT2D eigenvalue weighted by Gasteiger charge is -2.34. The Bertz CT molecular complexity index is 723. The van der Waals surface area contributed by atoms with E-state index in [0.717, 1.165) is 16.9 Å². The van der Waals surface area contributed by atoms with Crippen molar-refractivity contribution in [1.29, 1.82) is 0 Å². The van der Waals surface area contributed by atoms with Crippen molar-refractivity contribution in [3.8, 4) is 0 Å². The molecule has 7 heteroatoms. The van der Waals surface area contributed by atoms with Crippen molar-refractivity contribution < 1.29 is 18.1 Å². The second-order valence-corrected chi connectivity index (χ2v) is 9.76. The Kier molecular flexibility index (Phi) is 7.42. The number of rotatable bonds is 7. The van der Waals surface area contributed by atoms with E-state index in [2.05, 4.69) is 19.2 Å². The van der Waals surface area contributed by atoms with Crippen molar-refractivity contribution in [2.45, 2.75) is 63.9 Å². The van der Waals surface area contributed by atoms with Crippen molar-refractivity contribution in [2.24, 2.45) is 0 Å². The number of hydrogen-bond acceptors (Lipinski definition) is 3. The van der Waals surface area contributed by atoms with E-state index in [1.807, 2.05) is 32.9 Å². The average Bonchev–Trinajstić information content (AvgIpc) is 2.66. The van der Waals surface area contributed by atoms with Crippen LogP contribution < -0.4 is 10.2 Å². The number of nitrogens with one attached hydrogen (secondary N) is 2. The number of sulfonamides is 1. The molecule has 0 spiro atoms. The molecule has 1 heterocycles. The van der Waals surface area contributed by atoms with Gasteiger partial charge in [0.25, 0.3) is 5.91 Å². The summed E-state index contributed by atoms with van der Waals surface area (Å²) in [5.41, 5.74) is 1.16. The van der Waals surface area contributed by atoms with Gasteiger partial charge in [-0.2, -0.15) is 4.31 Å². The van der Waals surface area contributed by atoms with E-state index in [1.54, 1.807) is 16.4 Å². The number of piperazine rings is 1. The molecule has 1 aromatic rings. The van der Waals surface area contributed by atoms with Crippen LogP contribution >= 0.6 is 0 Å². The highest BCUT2D eigenvalue weighted by atomic mass is 32.2. The van der Waals surface area contributed by atoms with Gasteiger partial charge in [0.15, 0.2) is 6.04 Å². The monoisotopic (exact) mass is 396 g/mol. The van der Waals surface area contributed by atoms with Gasteiger partial charge in [0.05, 0.1) is 31.1 Å². The van der Waals surface area contributed by atoms with Gasteiger partial charge in [-0.3, -0.25) is 4.79 Å². The summed E-state index contributed by atoms with van der Waals surface area (Å²) in [5, 5.41) is 2.93. The maximum absolute atomic E-state index is 12.9. The Balaban J connectivity index is 2.01. The topological polar surface area (TPSA) is 70.9 Å². The Morgan fingerprint density at radius 1 is 1.11 bits per heavy atom. The first-order valence-corrected chi connectivity index (χ1v) is 11.4. The molecule has 1 aliphatic heterocycles. The average molecular weight is 397 g/mol. The number of carbonyl (C=O) groups is 1. The van der Waals surface area contributed by atoms with Crippen LogP contribution in [-0.4, -0.2) is 56.9 Å². The van der Waals surface area contributed by atoms with Crippen LogP contribution in [0.4, 0.5) is 0 Å². The lowest BCUT2D eigenvalue weighted by Crippen LogP contribution is -3.19. The maximum Gasteiger partial charge on any atom is 0.278 e. The molecule has 1 aromatic carbocycles. The minimum Gasteiger partial charge on any atom is -0.349 e. The summed E-state index contributed by atoms with van der Waals surface area (Å²) in [6, 6.07) is 7.21. The molecule has 0 aliphatic carbocycles. The van der Waals surface area contributed by atoms with Crippen LogP contribution in [0.5, 0.6) is 0 Å². The minimum atomic E-state index is -3.48. The predicted octanol–water partition coefficient (Wildman–Crippen LogP) is 1.00. The third-order valence-corrected chi connectivity index (χ3v) is 7.41. The SMILES string of the molecule is CC[C@H](C)c1ccc(S(=O)(=O)N2CC[NH+]([C@H](C)C(=O)NC(C)C)CC2)cc1. The van der Waals surface area contributed by atoms with Gasteiger partial charge in [-0.1, -0.05) is 26.0 Å². The molecule has 2 N–H and O–H groups in total. The number of benzene rings is 1. The number of quaternary nitrogens is 1. The molecule has 0 bridgehead atoms. The highest BCUT2D eigenvalue weighted by Gasteiger charge is 2.34. The molecule has 0 saturated carbocycles. The predicted molar refractivity (Wildman–Crippen MR) is 107 cm³/mol. The molecule has 1 aliphatic rings. The van der Waals surface area contributed by atoms with Crippen LogP contribution in [0.3, 0.4) is 0 Å². The summed E-state index contributed by atoms with van der Waals surface area (Å²) in [6.45, 7) is 12.2. The highest BCUT2D eigenvalue weighted by molar-refractivity contribution is 7.89. The Morgan fingerprint density at radius 3 is 2.15 bits per heavy atom. The number of nitrogens with zero attached hydrogens (tertiary/aromatic N) is 1. The minimum absolute atomic E-state index is 0.0249. The molecule has 0 unspecified atom stereocenters. The van der Waals surface area contributed by atoms with Gasteiger partial charge in [0.2, 0.25) is 10.0 Å². The smallest absolute Gasteiger partial charge is 0.278 e. The second kappa shape index (κ2) is 9.17. The van der Waals surface area contributed by atoms with E-state index >= 15 is 0 Å². The Labute approximate surface area is 164 Å². The van der Waals surface area contributed by atoms with Crippen molar-refractivity contribution in [2.75, 3.05) is 26.2 Å². The van der Waals surface area contributed by atoms with Crippen molar-refractivity contribution >= 4 is 15.9 Å². The highest BCUT2D eigenvalue weighted by Crippen LogP contribution is 2.22. The molecular formula is C20H34N3O3S+.